The van der Waals surface area contributed by atoms with Crippen molar-refractivity contribution in [3.05, 3.63) is 125 Å². The van der Waals surface area contributed by atoms with E-state index >= 15 is 0 Å². The maximum Gasteiger partial charge on any atom is 0.491 e. The number of nitrogens with zero attached hydrogens (tertiary/aromatic N) is 1. The first-order chi connectivity index (χ1) is 25.1. The van der Waals surface area contributed by atoms with Gasteiger partial charge >= 0.3 is 12.1 Å². The number of hydrogen-bond acceptors (Lipinski definition) is 6. The van der Waals surface area contributed by atoms with Gasteiger partial charge in [0.05, 0.1) is 6.61 Å². The molecule has 2 amide bonds. The zero-order valence-electron chi connectivity index (χ0n) is 28.9. The van der Waals surface area contributed by atoms with E-state index in [0.29, 0.717) is 36.9 Å². The smallest absolute Gasteiger partial charge is 0.420 e. The summed E-state index contributed by atoms with van der Waals surface area (Å²) in [6.45, 7) is 2.06. The fourth-order valence-corrected chi connectivity index (χ4v) is 6.29. The first kappa shape index (κ1) is 38.2. The summed E-state index contributed by atoms with van der Waals surface area (Å²) in [5.41, 5.74) is 10.7. The lowest BCUT2D eigenvalue weighted by molar-refractivity contribution is -0.189. The molecule has 3 N–H and O–H groups in total. The van der Waals surface area contributed by atoms with Gasteiger partial charge in [-0.05, 0) is 109 Å². The lowest BCUT2D eigenvalue weighted by Crippen LogP contribution is -2.35. The van der Waals surface area contributed by atoms with E-state index in [1.165, 1.54) is 12.1 Å². The summed E-state index contributed by atoms with van der Waals surface area (Å²) < 4.78 is 47.9. The molecule has 0 radical (unpaired) electrons. The van der Waals surface area contributed by atoms with Crippen molar-refractivity contribution in [1.29, 1.82) is 0 Å². The van der Waals surface area contributed by atoms with Crippen molar-refractivity contribution in [2.45, 2.75) is 51.4 Å². The standard InChI is InChI=1S/C41H44F3N3O5/c42-41(43,44)40(50)52-37-18-16-29(17-19-37)20-21-47(38(48)28-51-27-32-6-2-1-3-7-32)26-33-8-4-9-34(22-33)35-10-5-11-36(23-35)39(49)46-25-31-14-12-30(24-45)13-15-31/h1-11,16-19,22-23,30-31H,12-15,20-21,24-28,45H2,(H,46,49). The second-order valence-corrected chi connectivity index (χ2v) is 13.2. The maximum atomic E-state index is 13.5. The Hall–Kier alpha value is -5.00. The van der Waals surface area contributed by atoms with Gasteiger partial charge in [0.2, 0.25) is 5.91 Å². The highest BCUT2D eigenvalue weighted by atomic mass is 19.4. The Labute approximate surface area is 302 Å². The largest absolute Gasteiger partial charge is 0.491 e. The number of carbonyl (C=O) groups is 3. The van der Waals surface area contributed by atoms with Crippen LogP contribution < -0.4 is 15.8 Å². The van der Waals surface area contributed by atoms with Crippen LogP contribution in [0, 0.1) is 11.8 Å². The molecule has 11 heteroatoms. The number of ether oxygens (including phenoxy) is 2. The molecule has 0 heterocycles. The predicted molar refractivity (Wildman–Crippen MR) is 192 cm³/mol. The van der Waals surface area contributed by atoms with Crippen LogP contribution in [0.15, 0.2) is 103 Å². The summed E-state index contributed by atoms with van der Waals surface area (Å²) >= 11 is 0. The van der Waals surface area contributed by atoms with E-state index in [1.54, 1.807) is 23.1 Å². The molecule has 274 valence electrons. The number of alkyl halides is 3. The van der Waals surface area contributed by atoms with Gasteiger partial charge in [-0.3, -0.25) is 9.59 Å². The van der Waals surface area contributed by atoms with Crippen molar-refractivity contribution in [3.8, 4) is 16.9 Å². The third kappa shape index (κ3) is 11.5. The zero-order valence-corrected chi connectivity index (χ0v) is 28.9. The van der Waals surface area contributed by atoms with Crippen LogP contribution in [-0.2, 0) is 33.9 Å². The van der Waals surface area contributed by atoms with Crippen molar-refractivity contribution in [3.63, 3.8) is 0 Å². The van der Waals surface area contributed by atoms with Crippen molar-refractivity contribution in [2.75, 3.05) is 26.2 Å². The van der Waals surface area contributed by atoms with Crippen molar-refractivity contribution in [2.24, 2.45) is 17.6 Å². The highest BCUT2D eigenvalue weighted by Crippen LogP contribution is 2.28. The topological polar surface area (TPSA) is 111 Å². The van der Waals surface area contributed by atoms with Gasteiger partial charge in [0.15, 0.2) is 0 Å². The molecule has 4 aromatic rings. The van der Waals surface area contributed by atoms with E-state index < -0.39 is 12.1 Å². The second-order valence-electron chi connectivity index (χ2n) is 13.2. The third-order valence-electron chi connectivity index (χ3n) is 9.34. The molecule has 0 aliphatic heterocycles. The van der Waals surface area contributed by atoms with Gasteiger partial charge in [0.1, 0.15) is 12.4 Å². The van der Waals surface area contributed by atoms with Gasteiger partial charge in [0, 0.05) is 25.2 Å². The average molecular weight is 716 g/mol. The summed E-state index contributed by atoms with van der Waals surface area (Å²) in [4.78, 5) is 39.5. The Morgan fingerprint density at radius 2 is 1.42 bits per heavy atom. The van der Waals surface area contributed by atoms with Gasteiger partial charge < -0.3 is 25.4 Å². The van der Waals surface area contributed by atoms with Gasteiger partial charge in [-0.2, -0.15) is 13.2 Å². The Morgan fingerprint density at radius 1 is 0.769 bits per heavy atom. The summed E-state index contributed by atoms with van der Waals surface area (Å²) in [6, 6.07) is 30.5. The molecule has 0 bridgehead atoms. The van der Waals surface area contributed by atoms with Crippen molar-refractivity contribution >= 4 is 17.8 Å². The van der Waals surface area contributed by atoms with Crippen LogP contribution in [0.3, 0.4) is 0 Å². The van der Waals surface area contributed by atoms with Crippen LogP contribution in [0.5, 0.6) is 5.75 Å². The predicted octanol–water partition coefficient (Wildman–Crippen LogP) is 7.10. The van der Waals surface area contributed by atoms with Crippen LogP contribution in [0.4, 0.5) is 13.2 Å². The number of nitrogens with two attached hydrogens (primary N) is 1. The van der Waals surface area contributed by atoms with Crippen LogP contribution in [0.25, 0.3) is 11.1 Å². The molecule has 0 unspecified atom stereocenters. The Balaban J connectivity index is 1.24. The maximum absolute atomic E-state index is 13.5. The lowest BCUT2D eigenvalue weighted by Gasteiger charge is -2.27. The zero-order chi connectivity index (χ0) is 36.9. The summed E-state index contributed by atoms with van der Waals surface area (Å²) in [5, 5.41) is 3.11. The Bertz CT molecular complexity index is 1770. The number of amides is 2. The number of nitrogens with one attached hydrogen (secondary N) is 1. The van der Waals surface area contributed by atoms with Crippen LogP contribution in [0.2, 0.25) is 0 Å². The van der Waals surface area contributed by atoms with Crippen molar-refractivity contribution in [1.82, 2.24) is 10.2 Å². The molecule has 52 heavy (non-hydrogen) atoms. The summed E-state index contributed by atoms with van der Waals surface area (Å²) in [7, 11) is 0. The molecule has 1 saturated carbocycles. The highest BCUT2D eigenvalue weighted by Gasteiger charge is 2.41. The van der Waals surface area contributed by atoms with Crippen LogP contribution in [0.1, 0.15) is 52.7 Å². The number of benzene rings is 4. The van der Waals surface area contributed by atoms with E-state index in [0.717, 1.165) is 60.0 Å². The monoisotopic (exact) mass is 715 g/mol. The van der Waals surface area contributed by atoms with E-state index in [1.807, 2.05) is 72.8 Å². The van der Waals surface area contributed by atoms with Crippen LogP contribution in [-0.4, -0.2) is 55.1 Å². The summed E-state index contributed by atoms with van der Waals surface area (Å²) in [6.07, 6.45) is -0.353. The number of rotatable bonds is 15. The van der Waals surface area contributed by atoms with E-state index in [2.05, 4.69) is 10.1 Å². The number of esters is 1. The number of halogens is 3. The molecule has 1 aliphatic rings. The molecule has 0 saturated heterocycles. The third-order valence-corrected chi connectivity index (χ3v) is 9.34. The SMILES string of the molecule is NCC1CCC(CNC(=O)c2cccc(-c3cccc(CN(CCc4ccc(OC(=O)C(F)(F)F)cc4)C(=O)COCc4ccccc4)c3)c2)CC1. The van der Waals surface area contributed by atoms with Gasteiger partial charge in [-0.15, -0.1) is 0 Å². The van der Waals surface area contributed by atoms with E-state index in [4.69, 9.17) is 10.5 Å². The summed E-state index contributed by atoms with van der Waals surface area (Å²) in [5.74, 6) is -1.81. The molecule has 0 atom stereocenters. The van der Waals surface area contributed by atoms with Crippen molar-refractivity contribution < 1.29 is 37.0 Å². The fourth-order valence-electron chi connectivity index (χ4n) is 6.29. The highest BCUT2D eigenvalue weighted by molar-refractivity contribution is 5.95. The first-order valence-corrected chi connectivity index (χ1v) is 17.5. The lowest BCUT2D eigenvalue weighted by atomic mass is 9.82. The molecular weight excluding hydrogens is 671 g/mol. The minimum absolute atomic E-state index is 0.113. The molecule has 1 aliphatic carbocycles. The quantitative estimate of drug-likeness (QED) is 0.100. The van der Waals surface area contributed by atoms with Gasteiger partial charge in [-0.1, -0.05) is 72.8 Å². The first-order valence-electron chi connectivity index (χ1n) is 17.5. The minimum atomic E-state index is -5.10. The molecule has 0 aromatic heterocycles. The second kappa shape index (κ2) is 18.5. The molecular formula is C41H44F3N3O5. The Kier molecular flexibility index (Phi) is 13.6. The van der Waals surface area contributed by atoms with E-state index in [-0.39, 0.29) is 37.3 Å². The van der Waals surface area contributed by atoms with Gasteiger partial charge in [0.25, 0.3) is 5.91 Å². The Morgan fingerprint density at radius 3 is 2.12 bits per heavy atom. The fraction of sp³-hybridized carbons (Fsp3) is 0.341. The molecule has 8 nitrogen and oxygen atoms in total. The van der Waals surface area contributed by atoms with Crippen LogP contribution >= 0.6 is 0 Å². The minimum Gasteiger partial charge on any atom is -0.420 e. The molecule has 1 fully saturated rings. The number of carbonyl (C=O) groups excluding carboxylic acids is 3. The average Bonchev–Trinajstić information content (AvgIpc) is 3.16. The number of hydrogen-bond donors (Lipinski definition) is 2. The molecule has 0 spiro atoms. The normalized spacial score (nSPS) is 15.8. The molecule has 4 aromatic carbocycles. The molecule has 5 rings (SSSR count). The van der Waals surface area contributed by atoms with Gasteiger partial charge in [-0.25, -0.2) is 4.79 Å². The van der Waals surface area contributed by atoms with E-state index in [9.17, 15) is 27.6 Å².